The summed E-state index contributed by atoms with van der Waals surface area (Å²) in [7, 11) is 0. The molecule has 0 radical (unpaired) electrons. The molecule has 0 saturated heterocycles. The van der Waals surface area contributed by atoms with Crippen molar-refractivity contribution in [2.45, 2.75) is 119 Å². The highest BCUT2D eigenvalue weighted by molar-refractivity contribution is 5.81. The molecule has 1 aromatic rings. The molecule has 226 valence electrons. The van der Waals surface area contributed by atoms with Gasteiger partial charge in [-0.05, 0) is 91.8 Å². The average Bonchev–Trinajstić information content (AvgIpc) is 2.87. The van der Waals surface area contributed by atoms with Gasteiger partial charge in [0.25, 0.3) is 0 Å². The van der Waals surface area contributed by atoms with Crippen LogP contribution in [0.25, 0.3) is 0 Å². The van der Waals surface area contributed by atoms with Crippen LogP contribution in [0.4, 0.5) is 4.79 Å². The van der Waals surface area contributed by atoms with E-state index >= 15 is 0 Å². The Morgan fingerprint density at radius 2 is 1.35 bits per heavy atom. The normalized spacial score (nSPS) is 14.5. The zero-order valence-corrected chi connectivity index (χ0v) is 25.6. The van der Waals surface area contributed by atoms with E-state index in [-0.39, 0.29) is 17.9 Å². The molecule has 3 N–H and O–H groups in total. The molecule has 0 aromatic heterocycles. The van der Waals surface area contributed by atoms with Crippen molar-refractivity contribution in [2.75, 3.05) is 0 Å². The zero-order chi connectivity index (χ0) is 31.1. The third kappa shape index (κ3) is 9.80. The van der Waals surface area contributed by atoms with Gasteiger partial charge >= 0.3 is 24.1 Å². The van der Waals surface area contributed by atoms with Crippen LogP contribution in [-0.4, -0.2) is 46.9 Å². The minimum absolute atomic E-state index is 0.0212. The SMILES string of the molecule is CCC(C)(C)OC(=O)OC(C)CC(c1ccc(OC(=O)C(C)(C)CC)c(OC(=O)C(C)(C)CC)c1)[C@H](N)C(=O)O. The molecule has 0 fully saturated rings. The number of aliphatic carboxylic acids is 1. The molecule has 10 nitrogen and oxygen atoms in total. The van der Waals surface area contributed by atoms with E-state index < -0.39 is 58.6 Å². The molecule has 0 aliphatic carbocycles. The molecule has 1 rings (SSSR count). The Morgan fingerprint density at radius 3 is 1.80 bits per heavy atom. The van der Waals surface area contributed by atoms with E-state index in [2.05, 4.69) is 0 Å². The van der Waals surface area contributed by atoms with Gasteiger partial charge in [0.2, 0.25) is 0 Å². The van der Waals surface area contributed by atoms with Gasteiger partial charge in [0.1, 0.15) is 17.7 Å². The highest BCUT2D eigenvalue weighted by atomic mass is 16.7. The molecule has 0 saturated carbocycles. The number of carbonyl (C=O) groups excluding carboxylic acids is 3. The molecule has 0 bridgehead atoms. The van der Waals surface area contributed by atoms with Gasteiger partial charge in [-0.1, -0.05) is 26.8 Å². The van der Waals surface area contributed by atoms with Crippen LogP contribution in [0.15, 0.2) is 18.2 Å². The second-order valence-electron chi connectivity index (χ2n) is 12.1. The van der Waals surface area contributed by atoms with Crippen LogP contribution >= 0.6 is 0 Å². The van der Waals surface area contributed by atoms with Crippen LogP contribution in [0.2, 0.25) is 0 Å². The number of rotatable bonds is 14. The molecular weight excluding hydrogens is 518 g/mol. The molecule has 0 aliphatic heterocycles. The lowest BCUT2D eigenvalue weighted by molar-refractivity contribution is -0.147. The number of carboxylic acid groups (broad SMARTS) is 1. The summed E-state index contributed by atoms with van der Waals surface area (Å²) >= 11 is 0. The van der Waals surface area contributed by atoms with Crippen LogP contribution < -0.4 is 15.2 Å². The maximum atomic E-state index is 13.0. The second-order valence-corrected chi connectivity index (χ2v) is 12.1. The number of esters is 2. The second kappa shape index (κ2) is 14.0. The van der Waals surface area contributed by atoms with Gasteiger partial charge in [0, 0.05) is 5.92 Å². The molecule has 0 spiro atoms. The minimum atomic E-state index is -1.38. The third-order valence-corrected chi connectivity index (χ3v) is 7.49. The van der Waals surface area contributed by atoms with Crippen molar-refractivity contribution in [1.82, 2.24) is 0 Å². The quantitative estimate of drug-likeness (QED) is 0.203. The Hall–Kier alpha value is -3.14. The van der Waals surface area contributed by atoms with Gasteiger partial charge in [0.05, 0.1) is 10.8 Å². The van der Waals surface area contributed by atoms with Crippen molar-refractivity contribution in [3.8, 4) is 11.5 Å². The van der Waals surface area contributed by atoms with Crippen LogP contribution in [0.1, 0.15) is 106 Å². The summed E-state index contributed by atoms with van der Waals surface area (Å²) in [5.74, 6) is -3.19. The first kappa shape index (κ1) is 34.9. The van der Waals surface area contributed by atoms with Crippen molar-refractivity contribution >= 4 is 24.1 Å². The van der Waals surface area contributed by atoms with Gasteiger partial charge in [0.15, 0.2) is 11.5 Å². The van der Waals surface area contributed by atoms with Crippen molar-refractivity contribution in [3.05, 3.63) is 23.8 Å². The lowest BCUT2D eigenvalue weighted by Gasteiger charge is -2.28. The number of ether oxygens (including phenoxy) is 4. The Kier molecular flexibility index (Phi) is 12.2. The molecule has 3 atom stereocenters. The fourth-order valence-electron chi connectivity index (χ4n) is 3.24. The maximum absolute atomic E-state index is 13.0. The van der Waals surface area contributed by atoms with E-state index in [1.165, 1.54) is 12.1 Å². The fraction of sp³-hybridized carbons (Fsp3) is 0.667. The molecule has 0 amide bonds. The number of benzene rings is 1. The molecule has 10 heteroatoms. The zero-order valence-electron chi connectivity index (χ0n) is 25.6. The van der Waals surface area contributed by atoms with Crippen LogP contribution in [0, 0.1) is 10.8 Å². The molecule has 0 heterocycles. The summed E-state index contributed by atoms with van der Waals surface area (Å²) in [4.78, 5) is 50.0. The first-order valence-electron chi connectivity index (χ1n) is 13.8. The first-order valence-corrected chi connectivity index (χ1v) is 13.8. The van der Waals surface area contributed by atoms with Crippen LogP contribution in [0.3, 0.4) is 0 Å². The van der Waals surface area contributed by atoms with E-state index in [1.807, 2.05) is 20.8 Å². The molecular formula is C30H47NO9. The van der Waals surface area contributed by atoms with E-state index in [0.717, 1.165) is 0 Å². The van der Waals surface area contributed by atoms with Gasteiger partial charge < -0.3 is 29.8 Å². The Balaban J connectivity index is 3.46. The predicted octanol–water partition coefficient (Wildman–Crippen LogP) is 5.99. The average molecular weight is 566 g/mol. The summed E-state index contributed by atoms with van der Waals surface area (Å²) < 4.78 is 22.1. The highest BCUT2D eigenvalue weighted by Crippen LogP contribution is 2.37. The Labute approximate surface area is 237 Å². The predicted molar refractivity (Wildman–Crippen MR) is 150 cm³/mol. The third-order valence-electron chi connectivity index (χ3n) is 7.49. The van der Waals surface area contributed by atoms with E-state index in [0.29, 0.717) is 24.8 Å². The van der Waals surface area contributed by atoms with Crippen molar-refractivity contribution in [1.29, 1.82) is 0 Å². The minimum Gasteiger partial charge on any atom is -0.480 e. The Bertz CT molecular complexity index is 1060. The summed E-state index contributed by atoms with van der Waals surface area (Å²) in [5.41, 5.74) is 4.13. The summed E-state index contributed by atoms with van der Waals surface area (Å²) in [5, 5.41) is 9.72. The van der Waals surface area contributed by atoms with Gasteiger partial charge in [-0.2, -0.15) is 0 Å². The monoisotopic (exact) mass is 565 g/mol. The summed E-state index contributed by atoms with van der Waals surface area (Å²) in [6, 6.07) is 3.08. The van der Waals surface area contributed by atoms with Crippen molar-refractivity contribution in [3.63, 3.8) is 0 Å². The largest absolute Gasteiger partial charge is 0.509 e. The molecule has 2 unspecified atom stereocenters. The topological polar surface area (TPSA) is 151 Å². The number of carboxylic acids is 1. The lowest BCUT2D eigenvalue weighted by Crippen LogP contribution is -2.39. The van der Waals surface area contributed by atoms with Gasteiger partial charge in [-0.3, -0.25) is 14.4 Å². The molecule has 1 aromatic carbocycles. The van der Waals surface area contributed by atoms with Gasteiger partial charge in [-0.15, -0.1) is 0 Å². The van der Waals surface area contributed by atoms with Crippen molar-refractivity contribution < 1.29 is 43.2 Å². The number of hydrogen-bond acceptors (Lipinski definition) is 9. The summed E-state index contributed by atoms with van der Waals surface area (Å²) in [6.07, 6.45) is -0.0118. The van der Waals surface area contributed by atoms with E-state index in [4.69, 9.17) is 24.7 Å². The standard InChI is InChI=1S/C30H47NO9/c1-11-28(5,6)25(34)38-21-15-14-19(17-22(21)39-26(35)29(7,8)12-2)20(23(31)24(32)33)16-18(4)37-27(36)40-30(9,10)13-3/h14-15,17-18,20,23H,11-13,16,31H2,1-10H3,(H,32,33)/t18?,20?,23-/m0/s1. The highest BCUT2D eigenvalue weighted by Gasteiger charge is 2.34. The van der Waals surface area contributed by atoms with E-state index in [1.54, 1.807) is 54.5 Å². The van der Waals surface area contributed by atoms with E-state index in [9.17, 15) is 24.3 Å². The van der Waals surface area contributed by atoms with Crippen molar-refractivity contribution in [2.24, 2.45) is 16.6 Å². The van der Waals surface area contributed by atoms with Crippen LogP contribution in [-0.2, 0) is 23.9 Å². The number of nitrogens with two attached hydrogens (primary N) is 1. The fourth-order valence-corrected chi connectivity index (χ4v) is 3.24. The first-order chi connectivity index (χ1) is 18.3. The maximum Gasteiger partial charge on any atom is 0.509 e. The number of hydrogen-bond donors (Lipinski definition) is 2. The molecule has 0 aliphatic rings. The molecule has 40 heavy (non-hydrogen) atoms. The van der Waals surface area contributed by atoms with Crippen LogP contribution in [0.5, 0.6) is 11.5 Å². The Morgan fingerprint density at radius 1 is 0.850 bits per heavy atom. The van der Waals surface area contributed by atoms with Gasteiger partial charge in [-0.25, -0.2) is 4.79 Å². The lowest BCUT2D eigenvalue weighted by atomic mass is 9.86. The number of carbonyl (C=O) groups is 4. The summed E-state index contributed by atoms with van der Waals surface area (Å²) in [6.45, 7) is 17.6. The smallest absolute Gasteiger partial charge is 0.480 e.